The summed E-state index contributed by atoms with van der Waals surface area (Å²) in [7, 11) is 1.17. The zero-order chi connectivity index (χ0) is 12.8. The molecular formula is C8H13F3N2O3. The molecule has 0 bridgehead atoms. The highest BCUT2D eigenvalue weighted by molar-refractivity contribution is 5.80. The Morgan fingerprint density at radius 2 is 1.94 bits per heavy atom. The number of halogens is 3. The van der Waals surface area contributed by atoms with Crippen molar-refractivity contribution in [2.45, 2.75) is 19.1 Å². The molecule has 0 rings (SSSR count). The molecule has 16 heavy (non-hydrogen) atoms. The smallest absolute Gasteiger partial charge is 0.405 e. The van der Waals surface area contributed by atoms with E-state index in [1.807, 2.05) is 0 Å². The summed E-state index contributed by atoms with van der Waals surface area (Å²) < 4.78 is 39.4. The van der Waals surface area contributed by atoms with E-state index in [9.17, 15) is 22.8 Å². The molecule has 1 amide bonds. The molecule has 0 heterocycles. The van der Waals surface area contributed by atoms with Crippen LogP contribution in [-0.2, 0) is 14.3 Å². The molecule has 2 N–H and O–H groups in total. The second kappa shape index (κ2) is 6.31. The SMILES string of the molecule is COC(=O)C(C)NCC(=O)NCC(F)(F)F. The summed E-state index contributed by atoms with van der Waals surface area (Å²) in [6.07, 6.45) is -4.44. The molecule has 1 atom stereocenters. The summed E-state index contributed by atoms with van der Waals surface area (Å²) in [5, 5.41) is 4.07. The molecule has 0 saturated heterocycles. The van der Waals surface area contributed by atoms with E-state index in [2.05, 4.69) is 10.1 Å². The van der Waals surface area contributed by atoms with Crippen LogP contribution in [0, 0.1) is 0 Å². The molecule has 0 radical (unpaired) electrons. The minimum Gasteiger partial charge on any atom is -0.468 e. The first-order chi connectivity index (χ1) is 7.26. The topological polar surface area (TPSA) is 67.4 Å². The summed E-state index contributed by atoms with van der Waals surface area (Å²) >= 11 is 0. The molecule has 0 aliphatic rings. The molecule has 94 valence electrons. The lowest BCUT2D eigenvalue weighted by Gasteiger charge is -2.12. The zero-order valence-corrected chi connectivity index (χ0v) is 8.85. The van der Waals surface area contributed by atoms with Crippen molar-refractivity contribution in [2.24, 2.45) is 0 Å². The summed E-state index contributed by atoms with van der Waals surface area (Å²) in [6, 6.07) is -0.748. The van der Waals surface area contributed by atoms with Gasteiger partial charge >= 0.3 is 12.1 Å². The van der Waals surface area contributed by atoms with Crippen molar-refractivity contribution in [2.75, 3.05) is 20.2 Å². The molecule has 1 unspecified atom stereocenters. The number of esters is 1. The van der Waals surface area contributed by atoms with Crippen molar-refractivity contribution in [3.8, 4) is 0 Å². The summed E-state index contributed by atoms with van der Waals surface area (Å²) in [4.78, 5) is 21.7. The third-order valence-electron chi connectivity index (χ3n) is 1.61. The van der Waals surface area contributed by atoms with Gasteiger partial charge in [-0.25, -0.2) is 0 Å². The van der Waals surface area contributed by atoms with Gasteiger partial charge in [-0.05, 0) is 6.92 Å². The van der Waals surface area contributed by atoms with Crippen LogP contribution in [0.5, 0.6) is 0 Å². The van der Waals surface area contributed by atoms with E-state index in [1.54, 1.807) is 5.32 Å². The fraction of sp³-hybridized carbons (Fsp3) is 0.750. The highest BCUT2D eigenvalue weighted by Crippen LogP contribution is 2.11. The van der Waals surface area contributed by atoms with Crippen molar-refractivity contribution < 1.29 is 27.5 Å². The van der Waals surface area contributed by atoms with E-state index in [-0.39, 0.29) is 6.54 Å². The second-order valence-electron chi connectivity index (χ2n) is 3.02. The maximum absolute atomic E-state index is 11.7. The van der Waals surface area contributed by atoms with Gasteiger partial charge in [0.15, 0.2) is 0 Å². The fourth-order valence-corrected chi connectivity index (χ4v) is 0.767. The van der Waals surface area contributed by atoms with Gasteiger partial charge in [0, 0.05) is 0 Å². The minimum atomic E-state index is -4.44. The lowest BCUT2D eigenvalue weighted by atomic mass is 10.3. The van der Waals surface area contributed by atoms with Gasteiger partial charge in [0.25, 0.3) is 0 Å². The summed E-state index contributed by atoms with van der Waals surface area (Å²) in [6.45, 7) is -0.338. The quantitative estimate of drug-likeness (QED) is 0.656. The molecule has 0 aliphatic carbocycles. The molecule has 0 aromatic carbocycles. The van der Waals surface area contributed by atoms with Crippen molar-refractivity contribution in [1.82, 2.24) is 10.6 Å². The highest BCUT2D eigenvalue weighted by atomic mass is 19.4. The Morgan fingerprint density at radius 3 is 2.38 bits per heavy atom. The van der Waals surface area contributed by atoms with Crippen LogP contribution in [0.15, 0.2) is 0 Å². The van der Waals surface area contributed by atoms with Crippen LogP contribution >= 0.6 is 0 Å². The van der Waals surface area contributed by atoms with Crippen LogP contribution in [0.25, 0.3) is 0 Å². The minimum absolute atomic E-state index is 0.383. The first kappa shape index (κ1) is 14.7. The van der Waals surface area contributed by atoms with Gasteiger partial charge < -0.3 is 10.1 Å². The largest absolute Gasteiger partial charge is 0.468 e. The fourth-order valence-electron chi connectivity index (χ4n) is 0.767. The number of carbonyl (C=O) groups excluding carboxylic acids is 2. The second-order valence-corrected chi connectivity index (χ2v) is 3.02. The summed E-state index contributed by atoms with van der Waals surface area (Å²) in [5.74, 6) is -1.43. The Bertz CT molecular complexity index is 255. The van der Waals surface area contributed by atoms with E-state index in [0.717, 1.165) is 0 Å². The Hall–Kier alpha value is -1.31. The lowest BCUT2D eigenvalue weighted by Crippen LogP contribution is -2.44. The molecule has 0 fully saturated rings. The van der Waals surface area contributed by atoms with Gasteiger partial charge in [0.05, 0.1) is 13.7 Å². The molecule has 0 saturated carbocycles. The zero-order valence-electron chi connectivity index (χ0n) is 8.85. The number of hydrogen-bond donors (Lipinski definition) is 2. The van der Waals surface area contributed by atoms with Crippen molar-refractivity contribution in [1.29, 1.82) is 0 Å². The molecule has 5 nitrogen and oxygen atoms in total. The predicted octanol–water partition coefficient (Wildman–Crippen LogP) is -0.184. The number of amides is 1. The molecular weight excluding hydrogens is 229 g/mol. The number of alkyl halides is 3. The standard InChI is InChI=1S/C8H13F3N2O3/c1-5(7(15)16-2)12-3-6(14)13-4-8(9,10)11/h5,12H,3-4H2,1-2H3,(H,13,14). The Labute approximate surface area is 90.3 Å². The van der Waals surface area contributed by atoms with Gasteiger partial charge in [0.2, 0.25) is 5.91 Å². The average Bonchev–Trinajstić information content (AvgIpc) is 2.20. The third kappa shape index (κ3) is 7.04. The van der Waals surface area contributed by atoms with Crippen LogP contribution in [-0.4, -0.2) is 44.3 Å². The van der Waals surface area contributed by atoms with Crippen LogP contribution in [0.3, 0.4) is 0 Å². The molecule has 8 heteroatoms. The van der Waals surface area contributed by atoms with Crippen LogP contribution in [0.2, 0.25) is 0 Å². The van der Waals surface area contributed by atoms with Crippen molar-refractivity contribution in [3.63, 3.8) is 0 Å². The maximum atomic E-state index is 11.7. The normalized spacial score (nSPS) is 13.1. The number of rotatable bonds is 5. The third-order valence-corrected chi connectivity index (χ3v) is 1.61. The maximum Gasteiger partial charge on any atom is 0.405 e. The van der Waals surface area contributed by atoms with Crippen LogP contribution in [0.1, 0.15) is 6.92 Å². The Morgan fingerprint density at radius 1 is 1.38 bits per heavy atom. The Balaban J connectivity index is 3.78. The van der Waals surface area contributed by atoms with E-state index < -0.39 is 30.6 Å². The van der Waals surface area contributed by atoms with E-state index >= 15 is 0 Å². The van der Waals surface area contributed by atoms with Gasteiger partial charge in [-0.2, -0.15) is 13.2 Å². The number of carbonyl (C=O) groups is 2. The molecule has 0 aromatic rings. The first-order valence-corrected chi connectivity index (χ1v) is 4.41. The lowest BCUT2D eigenvalue weighted by molar-refractivity contribution is -0.143. The van der Waals surface area contributed by atoms with Crippen LogP contribution in [0.4, 0.5) is 13.2 Å². The van der Waals surface area contributed by atoms with Crippen molar-refractivity contribution >= 4 is 11.9 Å². The van der Waals surface area contributed by atoms with E-state index in [1.165, 1.54) is 14.0 Å². The highest BCUT2D eigenvalue weighted by Gasteiger charge is 2.27. The van der Waals surface area contributed by atoms with Gasteiger partial charge in [-0.1, -0.05) is 0 Å². The van der Waals surface area contributed by atoms with E-state index in [4.69, 9.17) is 0 Å². The first-order valence-electron chi connectivity index (χ1n) is 4.41. The van der Waals surface area contributed by atoms with Crippen LogP contribution < -0.4 is 10.6 Å². The van der Waals surface area contributed by atoms with Gasteiger partial charge in [-0.15, -0.1) is 0 Å². The Kier molecular flexibility index (Phi) is 5.79. The van der Waals surface area contributed by atoms with E-state index in [0.29, 0.717) is 0 Å². The molecule has 0 aromatic heterocycles. The van der Waals surface area contributed by atoms with Gasteiger partial charge in [-0.3, -0.25) is 14.9 Å². The number of nitrogens with one attached hydrogen (secondary N) is 2. The predicted molar refractivity (Wildman–Crippen MR) is 48.5 cm³/mol. The monoisotopic (exact) mass is 242 g/mol. The average molecular weight is 242 g/mol. The number of ether oxygens (including phenoxy) is 1. The number of hydrogen-bond acceptors (Lipinski definition) is 4. The van der Waals surface area contributed by atoms with Gasteiger partial charge in [0.1, 0.15) is 12.6 Å². The van der Waals surface area contributed by atoms with Crippen molar-refractivity contribution in [3.05, 3.63) is 0 Å². The number of methoxy groups -OCH3 is 1. The molecule has 0 spiro atoms. The molecule has 0 aliphatic heterocycles. The summed E-state index contributed by atoms with van der Waals surface area (Å²) in [5.41, 5.74) is 0.